The second-order valence-corrected chi connectivity index (χ2v) is 7.13. The van der Waals surface area contributed by atoms with Gasteiger partial charge >= 0.3 is 0 Å². The van der Waals surface area contributed by atoms with Crippen LogP contribution < -0.4 is 15.4 Å². The first-order chi connectivity index (χ1) is 14.4. The van der Waals surface area contributed by atoms with Crippen molar-refractivity contribution >= 4 is 22.9 Å². The maximum Gasteiger partial charge on any atom is 0.227 e. The van der Waals surface area contributed by atoms with Crippen molar-refractivity contribution in [3.8, 4) is 17.2 Å². The number of hydrogen-bond acceptors (Lipinski definition) is 10. The molecule has 5 N–H and O–H groups in total. The van der Waals surface area contributed by atoms with Crippen molar-refractivity contribution < 1.29 is 20.1 Å². The van der Waals surface area contributed by atoms with E-state index >= 15 is 0 Å². The molecule has 0 aliphatic heterocycles. The Bertz CT molecular complexity index is 1020. The lowest BCUT2D eigenvalue weighted by molar-refractivity contribution is 0.248. The Kier molecular flexibility index (Phi) is 6.40. The third kappa shape index (κ3) is 4.15. The van der Waals surface area contributed by atoms with E-state index in [1.165, 1.54) is 7.11 Å². The van der Waals surface area contributed by atoms with E-state index in [1.54, 1.807) is 16.8 Å². The number of hydrogen-bond donors (Lipinski definition) is 5. The fourth-order valence-corrected chi connectivity index (χ4v) is 2.94. The minimum absolute atomic E-state index is 0.0634. The van der Waals surface area contributed by atoms with Crippen LogP contribution in [0.2, 0.25) is 0 Å². The molecule has 1 aromatic carbocycles. The van der Waals surface area contributed by atoms with Gasteiger partial charge in [0.05, 0.1) is 19.8 Å². The summed E-state index contributed by atoms with van der Waals surface area (Å²) < 4.78 is 6.64. The monoisotopic (exact) mass is 417 g/mol. The van der Waals surface area contributed by atoms with Gasteiger partial charge in [0.2, 0.25) is 11.7 Å². The third-order valence-electron chi connectivity index (χ3n) is 4.84. The van der Waals surface area contributed by atoms with Gasteiger partial charge in [-0.3, -0.25) is 0 Å². The van der Waals surface area contributed by atoms with Crippen LogP contribution in [-0.4, -0.2) is 60.0 Å². The van der Waals surface area contributed by atoms with Gasteiger partial charge in [0.15, 0.2) is 28.5 Å². The third-order valence-corrected chi connectivity index (χ3v) is 4.84. The zero-order chi connectivity index (χ0) is 21.8. The van der Waals surface area contributed by atoms with Crippen LogP contribution in [-0.2, 0) is 13.1 Å². The largest absolute Gasteiger partial charge is 0.504 e. The summed E-state index contributed by atoms with van der Waals surface area (Å²) in [5, 5.41) is 44.4. The molecule has 11 heteroatoms. The lowest BCUT2D eigenvalue weighted by Gasteiger charge is -2.20. The second-order valence-electron chi connectivity index (χ2n) is 7.13. The summed E-state index contributed by atoms with van der Waals surface area (Å²) in [6.07, 6.45) is 0. The molecule has 11 nitrogen and oxygen atoms in total. The number of benzene rings is 1. The van der Waals surface area contributed by atoms with E-state index in [0.717, 1.165) is 0 Å². The van der Waals surface area contributed by atoms with Gasteiger partial charge in [0.25, 0.3) is 0 Å². The Morgan fingerprint density at radius 2 is 1.93 bits per heavy atom. The average Bonchev–Trinajstić information content (AvgIpc) is 3.15. The van der Waals surface area contributed by atoms with Gasteiger partial charge in [-0.25, -0.2) is 4.68 Å². The average molecular weight is 417 g/mol. The Hall–Kier alpha value is -3.34. The number of aromatic hydroxyl groups is 2. The number of aliphatic hydroxyl groups excluding tert-OH is 1. The van der Waals surface area contributed by atoms with Gasteiger partial charge in [-0.1, -0.05) is 19.1 Å². The van der Waals surface area contributed by atoms with Crippen molar-refractivity contribution in [3.05, 3.63) is 17.7 Å². The maximum absolute atomic E-state index is 10.2. The number of fused-ring (bicyclic) bond motifs is 1. The lowest BCUT2D eigenvalue weighted by atomic mass is 10.1. The van der Waals surface area contributed by atoms with E-state index in [4.69, 9.17) is 4.74 Å². The number of nitrogens with one attached hydrogen (secondary N) is 2. The molecule has 0 fully saturated rings. The predicted octanol–water partition coefficient (Wildman–Crippen LogP) is 1.70. The molecule has 0 saturated heterocycles. The number of aryl methyl sites for hydroxylation is 1. The van der Waals surface area contributed by atoms with Crippen molar-refractivity contribution in [1.82, 2.24) is 25.0 Å². The number of aliphatic hydroxyl groups is 1. The molecule has 0 radical (unpaired) electrons. The fraction of sp³-hybridized carbons (Fsp3) is 0.474. The Morgan fingerprint density at radius 1 is 1.17 bits per heavy atom. The molecule has 3 aromatic rings. The first-order valence-electron chi connectivity index (χ1n) is 9.69. The first-order valence-corrected chi connectivity index (χ1v) is 9.69. The number of phenolic OH excluding ortho intramolecular Hbond substituents is 2. The van der Waals surface area contributed by atoms with Gasteiger partial charge < -0.3 is 30.7 Å². The van der Waals surface area contributed by atoms with Crippen LogP contribution in [0.25, 0.3) is 11.2 Å². The molecule has 2 heterocycles. The van der Waals surface area contributed by atoms with Crippen LogP contribution in [0, 0.1) is 5.92 Å². The van der Waals surface area contributed by atoms with E-state index in [1.807, 2.05) is 20.8 Å². The van der Waals surface area contributed by atoms with Gasteiger partial charge in [0.1, 0.15) is 0 Å². The Morgan fingerprint density at radius 3 is 2.57 bits per heavy atom. The molecule has 162 valence electrons. The molecule has 0 bridgehead atoms. The first kappa shape index (κ1) is 21.4. The molecular formula is C19H27N7O4. The maximum atomic E-state index is 10.2. The predicted molar refractivity (Wildman–Crippen MR) is 112 cm³/mol. The molecule has 1 atom stereocenters. The van der Waals surface area contributed by atoms with Crippen molar-refractivity contribution in [3.63, 3.8) is 0 Å². The van der Waals surface area contributed by atoms with Crippen molar-refractivity contribution in [2.24, 2.45) is 5.92 Å². The summed E-state index contributed by atoms with van der Waals surface area (Å²) >= 11 is 0. The highest BCUT2D eigenvalue weighted by Crippen LogP contribution is 2.38. The molecule has 30 heavy (non-hydrogen) atoms. The summed E-state index contributed by atoms with van der Waals surface area (Å²) in [5.41, 5.74) is 1.47. The SMILES string of the molecule is CCn1nnc2c(NCc3ccc(OC)c(O)c3O)nc(N[C@@H](CO)C(C)C)nc21. The Balaban J connectivity index is 1.94. The summed E-state index contributed by atoms with van der Waals surface area (Å²) in [4.78, 5) is 9.00. The minimum atomic E-state index is -0.327. The van der Waals surface area contributed by atoms with Crippen LogP contribution in [0.15, 0.2) is 12.1 Å². The van der Waals surface area contributed by atoms with Gasteiger partial charge in [0, 0.05) is 18.7 Å². The molecule has 3 rings (SSSR count). The lowest BCUT2D eigenvalue weighted by Crippen LogP contribution is -2.30. The standard InChI is InChI=1S/C19H27N7O4/c1-5-26-18-14(24-25-26)17(22-19(23-18)21-12(9-27)10(2)3)20-8-11-6-7-13(30-4)16(29)15(11)28/h6-7,10,12,27-29H,5,8-9H2,1-4H3,(H2,20,21,22,23)/t12-/m0/s1. The second kappa shape index (κ2) is 8.99. The number of aromatic nitrogens is 5. The highest BCUT2D eigenvalue weighted by molar-refractivity contribution is 5.83. The topological polar surface area (TPSA) is 150 Å². The number of methoxy groups -OCH3 is 1. The molecule has 0 saturated carbocycles. The highest BCUT2D eigenvalue weighted by atomic mass is 16.5. The number of ether oxygens (including phenoxy) is 1. The van der Waals surface area contributed by atoms with E-state index in [-0.39, 0.29) is 42.4 Å². The van der Waals surface area contributed by atoms with Crippen molar-refractivity contribution in [1.29, 1.82) is 0 Å². The van der Waals surface area contributed by atoms with Crippen LogP contribution in [0.3, 0.4) is 0 Å². The van der Waals surface area contributed by atoms with Crippen LogP contribution in [0.1, 0.15) is 26.3 Å². The van der Waals surface area contributed by atoms with Crippen molar-refractivity contribution in [2.45, 2.75) is 39.9 Å². The van der Waals surface area contributed by atoms with Crippen LogP contribution >= 0.6 is 0 Å². The van der Waals surface area contributed by atoms with Crippen LogP contribution in [0.5, 0.6) is 17.2 Å². The van der Waals surface area contributed by atoms with Crippen LogP contribution in [0.4, 0.5) is 11.8 Å². The van der Waals surface area contributed by atoms with Gasteiger partial charge in [-0.2, -0.15) is 9.97 Å². The van der Waals surface area contributed by atoms with Gasteiger partial charge in [-0.15, -0.1) is 5.10 Å². The number of phenols is 2. The highest BCUT2D eigenvalue weighted by Gasteiger charge is 2.19. The van der Waals surface area contributed by atoms with Crippen molar-refractivity contribution in [2.75, 3.05) is 24.4 Å². The summed E-state index contributed by atoms with van der Waals surface area (Å²) in [7, 11) is 1.41. The smallest absolute Gasteiger partial charge is 0.227 e. The summed E-state index contributed by atoms with van der Waals surface area (Å²) in [6, 6.07) is 2.99. The number of nitrogens with zero attached hydrogens (tertiary/aromatic N) is 5. The molecule has 0 spiro atoms. The fourth-order valence-electron chi connectivity index (χ4n) is 2.94. The van der Waals surface area contributed by atoms with E-state index in [2.05, 4.69) is 30.9 Å². The molecule has 0 unspecified atom stereocenters. The van der Waals surface area contributed by atoms with E-state index in [0.29, 0.717) is 35.0 Å². The molecule has 2 aromatic heterocycles. The summed E-state index contributed by atoms with van der Waals surface area (Å²) in [5.74, 6) is 0.490. The minimum Gasteiger partial charge on any atom is -0.504 e. The number of anilines is 2. The summed E-state index contributed by atoms with van der Waals surface area (Å²) in [6.45, 7) is 6.59. The Labute approximate surface area is 173 Å². The molecular weight excluding hydrogens is 390 g/mol. The van der Waals surface area contributed by atoms with E-state index < -0.39 is 0 Å². The van der Waals surface area contributed by atoms with E-state index in [9.17, 15) is 15.3 Å². The quantitative estimate of drug-likeness (QED) is 0.325. The zero-order valence-corrected chi connectivity index (χ0v) is 17.4. The van der Waals surface area contributed by atoms with Gasteiger partial charge in [-0.05, 0) is 25.0 Å². The molecule has 0 aliphatic carbocycles. The zero-order valence-electron chi connectivity index (χ0n) is 17.4. The normalized spacial score (nSPS) is 12.3. The number of rotatable bonds is 9. The molecule has 0 amide bonds. The molecule has 0 aliphatic rings.